The number of rotatable bonds is 6. The van der Waals surface area contributed by atoms with Crippen molar-refractivity contribution >= 4 is 5.91 Å². The van der Waals surface area contributed by atoms with Crippen molar-refractivity contribution in [2.45, 2.75) is 100 Å². The maximum atomic E-state index is 13.5. The second-order valence-corrected chi connectivity index (χ2v) is 12.1. The van der Waals surface area contributed by atoms with Gasteiger partial charge in [-0.1, -0.05) is 25.8 Å². The number of benzene rings is 1. The molecule has 0 radical (unpaired) electrons. The smallest absolute Gasteiger partial charge is 0.226 e. The number of phenolic OH excluding ortho intramolecular Hbond substituents is 1. The highest BCUT2D eigenvalue weighted by atomic mass is 16.5. The van der Waals surface area contributed by atoms with E-state index in [-0.39, 0.29) is 35.8 Å². The van der Waals surface area contributed by atoms with E-state index in [1.807, 2.05) is 0 Å². The Hall–Kier alpha value is -1.79. The summed E-state index contributed by atoms with van der Waals surface area (Å²) < 4.78 is 6.67. The molecule has 6 atom stereocenters. The first-order valence-electron chi connectivity index (χ1n) is 13.8. The first-order valence-corrected chi connectivity index (χ1v) is 13.8. The molecule has 1 aromatic carbocycles. The summed E-state index contributed by atoms with van der Waals surface area (Å²) in [6.45, 7) is 5.01. The summed E-state index contributed by atoms with van der Waals surface area (Å²) in [6.07, 6.45) is 9.57. The van der Waals surface area contributed by atoms with Gasteiger partial charge < -0.3 is 19.8 Å². The minimum Gasteiger partial charge on any atom is -0.504 e. The minimum atomic E-state index is -0.877. The van der Waals surface area contributed by atoms with E-state index < -0.39 is 11.0 Å². The zero-order valence-corrected chi connectivity index (χ0v) is 20.3. The number of ether oxygens (including phenoxy) is 1. The first-order chi connectivity index (χ1) is 16.5. The molecule has 3 unspecified atom stereocenters. The van der Waals surface area contributed by atoms with Gasteiger partial charge in [0.05, 0.1) is 17.1 Å². The van der Waals surface area contributed by atoms with E-state index in [1.165, 1.54) is 18.4 Å². The second kappa shape index (κ2) is 7.36. The molecule has 34 heavy (non-hydrogen) atoms. The van der Waals surface area contributed by atoms with Crippen molar-refractivity contribution in [1.29, 1.82) is 0 Å². The van der Waals surface area contributed by atoms with Crippen LogP contribution >= 0.6 is 0 Å². The van der Waals surface area contributed by atoms with E-state index in [4.69, 9.17) is 4.74 Å². The van der Waals surface area contributed by atoms with E-state index in [9.17, 15) is 15.0 Å². The Morgan fingerprint density at radius 1 is 1.15 bits per heavy atom. The van der Waals surface area contributed by atoms with Crippen LogP contribution in [0, 0.1) is 11.8 Å². The van der Waals surface area contributed by atoms with E-state index in [1.54, 1.807) is 6.07 Å². The molecule has 6 aliphatic rings. The lowest BCUT2D eigenvalue weighted by molar-refractivity contribution is -0.200. The number of hydrogen-bond acceptors (Lipinski definition) is 5. The number of piperidine rings is 1. The Bertz CT molecular complexity index is 1020. The Labute approximate surface area is 202 Å². The Kier molecular flexibility index (Phi) is 4.65. The predicted molar refractivity (Wildman–Crippen MR) is 128 cm³/mol. The predicted octanol–water partition coefficient (Wildman–Crippen LogP) is 3.36. The number of likely N-dealkylation sites (tertiary alicyclic amines) is 2. The van der Waals surface area contributed by atoms with Gasteiger partial charge in [-0.15, -0.1) is 0 Å². The summed E-state index contributed by atoms with van der Waals surface area (Å²) in [6, 6.07) is 3.88. The van der Waals surface area contributed by atoms with Gasteiger partial charge in [0.1, 0.15) is 6.10 Å². The number of aromatic hydroxyl groups is 1. The van der Waals surface area contributed by atoms with Crippen LogP contribution in [0.2, 0.25) is 0 Å². The number of unbranched alkanes of at least 4 members (excludes halogenated alkanes) is 1. The molecule has 0 aromatic heterocycles. The van der Waals surface area contributed by atoms with Gasteiger partial charge in [-0.3, -0.25) is 9.69 Å². The fourth-order valence-electron chi connectivity index (χ4n) is 8.59. The Morgan fingerprint density at radius 3 is 2.79 bits per heavy atom. The largest absolute Gasteiger partial charge is 0.504 e. The zero-order valence-electron chi connectivity index (χ0n) is 20.3. The molecule has 6 nitrogen and oxygen atoms in total. The number of carbonyl (C=O) groups is 1. The van der Waals surface area contributed by atoms with Gasteiger partial charge in [0.25, 0.3) is 0 Å². The van der Waals surface area contributed by atoms with Crippen LogP contribution in [0.25, 0.3) is 0 Å². The summed E-state index contributed by atoms with van der Waals surface area (Å²) >= 11 is 0. The monoisotopic (exact) mass is 466 g/mol. The number of carbonyl (C=O) groups excluding carboxylic acids is 1. The number of nitrogens with zero attached hydrogens (tertiary/aromatic N) is 2. The molecule has 2 N–H and O–H groups in total. The molecule has 1 spiro atoms. The molecule has 4 fully saturated rings. The lowest BCUT2D eigenvalue weighted by atomic mass is 9.48. The molecular formula is C28H38N2O4. The van der Waals surface area contributed by atoms with Gasteiger partial charge >= 0.3 is 0 Å². The third-order valence-corrected chi connectivity index (χ3v) is 10.4. The van der Waals surface area contributed by atoms with Crippen LogP contribution in [-0.4, -0.2) is 69.3 Å². The van der Waals surface area contributed by atoms with Crippen molar-refractivity contribution < 1.29 is 19.7 Å². The average Bonchev–Trinajstić information content (AvgIpc) is 3.46. The van der Waals surface area contributed by atoms with Crippen LogP contribution < -0.4 is 4.74 Å². The summed E-state index contributed by atoms with van der Waals surface area (Å²) in [7, 11) is 0. The van der Waals surface area contributed by atoms with E-state index in [0.717, 1.165) is 76.1 Å². The van der Waals surface area contributed by atoms with Crippen LogP contribution in [0.3, 0.4) is 0 Å². The molecule has 6 heteroatoms. The molecule has 1 aromatic rings. The third-order valence-electron chi connectivity index (χ3n) is 10.4. The van der Waals surface area contributed by atoms with E-state index in [0.29, 0.717) is 12.2 Å². The van der Waals surface area contributed by atoms with Crippen LogP contribution in [0.15, 0.2) is 12.1 Å². The first kappa shape index (κ1) is 21.5. The topological polar surface area (TPSA) is 73.2 Å². The maximum Gasteiger partial charge on any atom is 0.226 e. The Morgan fingerprint density at radius 2 is 2.00 bits per heavy atom. The molecule has 2 bridgehead atoms. The molecule has 7 rings (SSSR count). The lowest BCUT2D eigenvalue weighted by Crippen LogP contribution is -2.78. The van der Waals surface area contributed by atoms with Crippen molar-refractivity contribution in [2.75, 3.05) is 19.6 Å². The summed E-state index contributed by atoms with van der Waals surface area (Å²) in [5.41, 5.74) is 0.864. The normalized spacial score (nSPS) is 40.4. The maximum absolute atomic E-state index is 13.5. The van der Waals surface area contributed by atoms with Crippen molar-refractivity contribution in [1.82, 2.24) is 9.80 Å². The van der Waals surface area contributed by atoms with E-state index in [2.05, 4.69) is 22.8 Å². The molecule has 3 heterocycles. The zero-order chi connectivity index (χ0) is 23.2. The fraction of sp³-hybridized carbons (Fsp3) is 0.750. The number of aliphatic hydroxyl groups is 1. The van der Waals surface area contributed by atoms with Crippen LogP contribution in [0.1, 0.15) is 75.8 Å². The summed E-state index contributed by atoms with van der Waals surface area (Å²) in [5.74, 6) is 1.95. The van der Waals surface area contributed by atoms with Gasteiger partial charge in [0.2, 0.25) is 5.91 Å². The molecular weight excluding hydrogens is 428 g/mol. The van der Waals surface area contributed by atoms with Crippen molar-refractivity contribution in [3.63, 3.8) is 0 Å². The molecule has 3 aliphatic carbocycles. The fourth-order valence-corrected chi connectivity index (χ4v) is 8.59. The van der Waals surface area contributed by atoms with Crippen molar-refractivity contribution in [3.8, 4) is 11.5 Å². The average molecular weight is 467 g/mol. The van der Waals surface area contributed by atoms with E-state index >= 15 is 0 Å². The second-order valence-electron chi connectivity index (χ2n) is 12.1. The van der Waals surface area contributed by atoms with Crippen molar-refractivity contribution in [3.05, 3.63) is 23.3 Å². The standard InChI is InChI=1S/C28H38N2O4/c1-2-3-4-18-10-13-30(26(18)32)20-9-11-28(33)22-15-19-7-8-21(31)24-23(19)27(28,25(20)34-24)12-14-29(22)16-17-5-6-17/h7-8,17-18,20,22,25,31,33H,2-6,9-16H2,1H3/t18?,20?,22-,25?,27+,28-/m1/s1. The van der Waals surface area contributed by atoms with Crippen LogP contribution in [0.4, 0.5) is 0 Å². The SMILES string of the molecule is CCCCC1CCN(C2CC[C@@]3(O)[C@H]4Cc5ccc(O)c6c5[C@@]3(CCN4CC3CC3)C2O6)C1=O. The van der Waals surface area contributed by atoms with Gasteiger partial charge in [0, 0.05) is 30.6 Å². The van der Waals surface area contributed by atoms with Crippen molar-refractivity contribution in [2.24, 2.45) is 11.8 Å². The Balaban J connectivity index is 1.29. The third kappa shape index (κ3) is 2.67. The highest BCUT2D eigenvalue weighted by Gasteiger charge is 2.73. The molecule has 2 saturated heterocycles. The quantitative estimate of drug-likeness (QED) is 0.673. The van der Waals surface area contributed by atoms with Crippen LogP contribution in [0.5, 0.6) is 11.5 Å². The van der Waals surface area contributed by atoms with Gasteiger partial charge in [0.15, 0.2) is 11.5 Å². The number of phenols is 1. The summed E-state index contributed by atoms with van der Waals surface area (Å²) in [5, 5.41) is 23.4. The highest BCUT2D eigenvalue weighted by Crippen LogP contribution is 2.66. The number of amides is 1. The molecule has 2 saturated carbocycles. The van der Waals surface area contributed by atoms with Gasteiger partial charge in [-0.05, 0) is 75.5 Å². The minimum absolute atomic E-state index is 0.0345. The molecule has 184 valence electrons. The molecule has 1 amide bonds. The van der Waals surface area contributed by atoms with Gasteiger partial charge in [-0.2, -0.15) is 0 Å². The number of hydrogen-bond donors (Lipinski definition) is 2. The highest BCUT2D eigenvalue weighted by molar-refractivity contribution is 5.81. The molecule has 3 aliphatic heterocycles. The van der Waals surface area contributed by atoms with Gasteiger partial charge in [-0.25, -0.2) is 0 Å². The summed E-state index contributed by atoms with van der Waals surface area (Å²) in [4.78, 5) is 18.1. The lowest BCUT2D eigenvalue weighted by Gasteiger charge is -2.64. The van der Waals surface area contributed by atoms with Crippen LogP contribution in [-0.2, 0) is 16.6 Å².